The van der Waals surface area contributed by atoms with Crippen molar-refractivity contribution >= 4 is 17.7 Å². The van der Waals surface area contributed by atoms with Crippen molar-refractivity contribution in [3.05, 3.63) is 66.1 Å². The summed E-state index contributed by atoms with van der Waals surface area (Å²) < 4.78 is 17.3. The van der Waals surface area contributed by atoms with E-state index in [0.717, 1.165) is 22.0 Å². The van der Waals surface area contributed by atoms with Gasteiger partial charge < -0.3 is 18.8 Å². The third-order valence-corrected chi connectivity index (χ3v) is 6.51. The van der Waals surface area contributed by atoms with Gasteiger partial charge >= 0.3 is 0 Å². The van der Waals surface area contributed by atoms with Gasteiger partial charge in [-0.15, -0.1) is 10.2 Å². The maximum absolute atomic E-state index is 12.8. The molecule has 3 aromatic rings. The van der Waals surface area contributed by atoms with Gasteiger partial charge in [-0.1, -0.05) is 42.1 Å². The zero-order chi connectivity index (χ0) is 21.1. The molecule has 2 aromatic heterocycles. The summed E-state index contributed by atoms with van der Waals surface area (Å²) in [5.74, 6) is 1.11. The third kappa shape index (κ3) is 4.51. The highest BCUT2D eigenvalue weighted by Gasteiger charge is 2.41. The molecule has 1 spiro atoms. The lowest BCUT2D eigenvalue weighted by molar-refractivity contribution is -0.181. The zero-order valence-electron chi connectivity index (χ0n) is 17.0. The van der Waals surface area contributed by atoms with Crippen LogP contribution in [0.5, 0.6) is 0 Å². The van der Waals surface area contributed by atoms with Crippen molar-refractivity contribution in [1.29, 1.82) is 0 Å². The summed E-state index contributed by atoms with van der Waals surface area (Å²) >= 11 is 1.53. The molecule has 2 aliphatic rings. The fourth-order valence-corrected chi connectivity index (χ4v) is 4.58. The number of ether oxygens (including phenoxy) is 2. The molecular formula is C23H23N3O4S. The van der Waals surface area contributed by atoms with E-state index >= 15 is 0 Å². The van der Waals surface area contributed by atoms with Crippen molar-refractivity contribution in [2.24, 2.45) is 0 Å². The highest BCUT2D eigenvalue weighted by molar-refractivity contribution is 7.98. The van der Waals surface area contributed by atoms with Crippen LogP contribution in [0.4, 0.5) is 0 Å². The molecule has 0 saturated carbocycles. The number of carbonyl (C=O) groups excluding carboxylic acids is 1. The van der Waals surface area contributed by atoms with E-state index in [2.05, 4.69) is 10.2 Å². The molecule has 8 heteroatoms. The fourth-order valence-electron chi connectivity index (χ4n) is 3.87. The Labute approximate surface area is 184 Å². The number of hydrogen-bond acceptors (Lipinski definition) is 7. The molecule has 0 atom stereocenters. The highest BCUT2D eigenvalue weighted by Crippen LogP contribution is 2.32. The Balaban J connectivity index is 1.15. The summed E-state index contributed by atoms with van der Waals surface area (Å²) in [5.41, 5.74) is 1.88. The number of piperidine rings is 1. The van der Waals surface area contributed by atoms with E-state index in [1.807, 2.05) is 48.5 Å². The molecule has 4 heterocycles. The number of rotatable bonds is 5. The first kappa shape index (κ1) is 20.2. The van der Waals surface area contributed by atoms with Gasteiger partial charge in [-0.05, 0) is 24.3 Å². The summed E-state index contributed by atoms with van der Waals surface area (Å²) in [4.78, 5) is 14.6. The van der Waals surface area contributed by atoms with Gasteiger partial charge in [0.1, 0.15) is 10.8 Å². The van der Waals surface area contributed by atoms with Crippen LogP contribution in [0.1, 0.15) is 29.2 Å². The van der Waals surface area contributed by atoms with Crippen molar-refractivity contribution in [2.75, 3.05) is 26.3 Å². The van der Waals surface area contributed by atoms with E-state index in [1.165, 1.54) is 11.8 Å². The molecular weight excluding hydrogens is 414 g/mol. The minimum absolute atomic E-state index is 0.0869. The second-order valence-corrected chi connectivity index (χ2v) is 8.57. The molecule has 2 saturated heterocycles. The summed E-state index contributed by atoms with van der Waals surface area (Å²) in [6.45, 7) is 2.47. The van der Waals surface area contributed by atoms with Crippen LogP contribution in [-0.2, 0) is 15.2 Å². The van der Waals surface area contributed by atoms with E-state index in [1.54, 1.807) is 11.0 Å². The predicted molar refractivity (Wildman–Crippen MR) is 116 cm³/mol. The number of likely N-dealkylation sites (tertiary alicyclic amines) is 1. The number of nitrogens with zero attached hydrogens (tertiary/aromatic N) is 3. The van der Waals surface area contributed by atoms with E-state index in [-0.39, 0.29) is 5.91 Å². The van der Waals surface area contributed by atoms with Crippen LogP contribution >= 0.6 is 11.8 Å². The molecule has 1 aromatic carbocycles. The minimum atomic E-state index is -0.487. The quantitative estimate of drug-likeness (QED) is 0.558. The van der Waals surface area contributed by atoms with Gasteiger partial charge in [0.2, 0.25) is 0 Å². The number of carbonyl (C=O) groups is 1. The Bertz CT molecular complexity index is 1020. The molecule has 31 heavy (non-hydrogen) atoms. The van der Waals surface area contributed by atoms with Crippen LogP contribution < -0.4 is 0 Å². The molecule has 160 valence electrons. The number of amides is 1. The molecule has 5 rings (SSSR count). The molecule has 7 nitrogen and oxygen atoms in total. The Hall–Kier alpha value is -2.68. The van der Waals surface area contributed by atoms with Crippen LogP contribution in [0.15, 0.2) is 64.0 Å². The van der Waals surface area contributed by atoms with E-state index in [9.17, 15) is 4.79 Å². The molecule has 0 N–H and O–H groups in total. The molecule has 2 fully saturated rings. The van der Waals surface area contributed by atoms with Gasteiger partial charge in [0.25, 0.3) is 5.91 Å². The predicted octanol–water partition coefficient (Wildman–Crippen LogP) is 4.01. The van der Waals surface area contributed by atoms with Gasteiger partial charge in [-0.2, -0.15) is 0 Å². The van der Waals surface area contributed by atoms with E-state index in [4.69, 9.17) is 13.9 Å². The SMILES string of the molecule is O=C(c1ccc(CSc2ccc(-c3ccccc3)nn2)o1)N1CCC2(CC1)OCCO2. The third-order valence-electron chi connectivity index (χ3n) is 5.57. The topological polar surface area (TPSA) is 77.7 Å². The van der Waals surface area contributed by atoms with Crippen LogP contribution in [0.2, 0.25) is 0 Å². The normalized spacial score (nSPS) is 17.9. The number of aromatic nitrogens is 2. The van der Waals surface area contributed by atoms with Gasteiger partial charge in [-0.25, -0.2) is 0 Å². The Kier molecular flexibility index (Phi) is 5.76. The molecule has 0 unspecified atom stereocenters. The average molecular weight is 438 g/mol. The molecule has 2 aliphatic heterocycles. The van der Waals surface area contributed by atoms with Crippen LogP contribution in [0.25, 0.3) is 11.3 Å². The van der Waals surface area contributed by atoms with Gasteiger partial charge in [0, 0.05) is 31.5 Å². The lowest BCUT2D eigenvalue weighted by Crippen LogP contribution is -2.47. The molecule has 1 amide bonds. The lowest BCUT2D eigenvalue weighted by Gasteiger charge is -2.37. The van der Waals surface area contributed by atoms with E-state index < -0.39 is 5.79 Å². The summed E-state index contributed by atoms with van der Waals surface area (Å²) in [6, 6.07) is 17.5. The fraction of sp³-hybridized carbons (Fsp3) is 0.348. The smallest absolute Gasteiger partial charge is 0.289 e. The van der Waals surface area contributed by atoms with Crippen molar-refractivity contribution in [3.8, 4) is 11.3 Å². The second kappa shape index (κ2) is 8.82. The van der Waals surface area contributed by atoms with Crippen LogP contribution in [-0.4, -0.2) is 53.1 Å². The lowest BCUT2D eigenvalue weighted by atomic mass is 10.0. The standard InChI is InChI=1S/C23H23N3O4S/c27-22(26-12-10-23(11-13-26)28-14-15-29-23)20-8-6-18(30-20)16-31-21-9-7-19(24-25-21)17-4-2-1-3-5-17/h1-9H,10-16H2. The number of benzene rings is 1. The molecule has 0 bridgehead atoms. The van der Waals surface area contributed by atoms with Crippen LogP contribution in [0.3, 0.4) is 0 Å². The van der Waals surface area contributed by atoms with Gasteiger partial charge in [0.05, 0.1) is 24.7 Å². The maximum atomic E-state index is 12.8. The largest absolute Gasteiger partial charge is 0.455 e. The van der Waals surface area contributed by atoms with Crippen molar-refractivity contribution in [1.82, 2.24) is 15.1 Å². The molecule has 0 radical (unpaired) electrons. The first-order valence-electron chi connectivity index (χ1n) is 10.4. The van der Waals surface area contributed by atoms with Crippen LogP contribution in [0, 0.1) is 0 Å². The van der Waals surface area contributed by atoms with Crippen molar-refractivity contribution in [2.45, 2.75) is 29.4 Å². The van der Waals surface area contributed by atoms with E-state index in [0.29, 0.717) is 50.7 Å². The van der Waals surface area contributed by atoms with Crippen molar-refractivity contribution < 1.29 is 18.7 Å². The molecule has 0 aliphatic carbocycles. The Morgan fingerprint density at radius 3 is 2.45 bits per heavy atom. The number of furan rings is 1. The number of thioether (sulfide) groups is 1. The maximum Gasteiger partial charge on any atom is 0.289 e. The summed E-state index contributed by atoms with van der Waals surface area (Å²) in [5, 5.41) is 9.40. The monoisotopic (exact) mass is 437 g/mol. The average Bonchev–Trinajstić information content (AvgIpc) is 3.49. The minimum Gasteiger partial charge on any atom is -0.455 e. The zero-order valence-corrected chi connectivity index (χ0v) is 17.8. The van der Waals surface area contributed by atoms with Gasteiger partial charge in [-0.3, -0.25) is 4.79 Å². The van der Waals surface area contributed by atoms with Crippen molar-refractivity contribution in [3.63, 3.8) is 0 Å². The Morgan fingerprint density at radius 2 is 1.74 bits per heavy atom. The highest BCUT2D eigenvalue weighted by atomic mass is 32.2. The van der Waals surface area contributed by atoms with Gasteiger partial charge in [0.15, 0.2) is 11.5 Å². The summed E-state index contributed by atoms with van der Waals surface area (Å²) in [6.07, 6.45) is 1.39. The summed E-state index contributed by atoms with van der Waals surface area (Å²) in [7, 11) is 0. The first-order valence-corrected chi connectivity index (χ1v) is 11.4. The first-order chi connectivity index (χ1) is 15.2. The Morgan fingerprint density at radius 1 is 0.968 bits per heavy atom. The number of hydrogen-bond donors (Lipinski definition) is 0. The second-order valence-electron chi connectivity index (χ2n) is 7.58.